The number of rotatable bonds is 8. The minimum Gasteiger partial charge on any atom is -0.356 e. The van der Waals surface area contributed by atoms with Crippen molar-refractivity contribution in [1.82, 2.24) is 9.62 Å². The molecule has 0 aromatic heterocycles. The zero-order chi connectivity index (χ0) is 21.6. The molecule has 0 unspecified atom stereocenters. The number of nitrogens with zero attached hydrogens (tertiary/aromatic N) is 1. The third kappa shape index (κ3) is 5.97. The molecule has 1 N–H and O–H groups in total. The van der Waals surface area contributed by atoms with Crippen molar-refractivity contribution >= 4 is 39.1 Å². The first kappa shape index (κ1) is 23.1. The Morgan fingerprint density at radius 2 is 1.57 bits per heavy atom. The first-order valence-electron chi connectivity index (χ1n) is 10.2. The molecule has 162 valence electrons. The standard InChI is InChI=1S/C22H26Cl2N2O3S/c23-20-5-4-6-21(24)19(20)13-14-25-22(27)12-9-17-7-10-18(11-8-17)30(28,29)26-15-2-1-3-16-26/h4-8,10-11H,1-3,9,12-16H2,(H,25,27). The fraction of sp³-hybridized carbons (Fsp3) is 0.409. The maximum Gasteiger partial charge on any atom is 0.243 e. The molecule has 0 radical (unpaired) electrons. The highest BCUT2D eigenvalue weighted by Crippen LogP contribution is 2.24. The Balaban J connectivity index is 1.47. The predicted molar refractivity (Wildman–Crippen MR) is 121 cm³/mol. The van der Waals surface area contributed by atoms with Gasteiger partial charge < -0.3 is 5.32 Å². The zero-order valence-corrected chi connectivity index (χ0v) is 19.1. The number of carbonyl (C=O) groups excluding carboxylic acids is 1. The quantitative estimate of drug-likeness (QED) is 0.621. The molecule has 3 rings (SSSR count). The molecule has 1 saturated heterocycles. The van der Waals surface area contributed by atoms with Crippen LogP contribution in [-0.2, 0) is 27.7 Å². The van der Waals surface area contributed by atoms with Crippen LogP contribution in [0.2, 0.25) is 10.0 Å². The fourth-order valence-electron chi connectivity index (χ4n) is 3.53. The van der Waals surface area contributed by atoms with Crippen LogP contribution < -0.4 is 5.32 Å². The smallest absolute Gasteiger partial charge is 0.243 e. The van der Waals surface area contributed by atoms with Gasteiger partial charge in [-0.15, -0.1) is 0 Å². The van der Waals surface area contributed by atoms with E-state index in [0.29, 0.717) is 53.8 Å². The maximum atomic E-state index is 12.7. The van der Waals surface area contributed by atoms with Crippen LogP contribution >= 0.6 is 23.2 Å². The predicted octanol–water partition coefficient (Wildman–Crippen LogP) is 4.46. The van der Waals surface area contributed by atoms with Crippen LogP contribution in [0, 0.1) is 0 Å². The number of carbonyl (C=O) groups is 1. The Morgan fingerprint density at radius 3 is 2.20 bits per heavy atom. The Morgan fingerprint density at radius 1 is 0.933 bits per heavy atom. The zero-order valence-electron chi connectivity index (χ0n) is 16.7. The molecule has 2 aromatic carbocycles. The second-order valence-corrected chi connectivity index (χ2v) is 10.2. The summed E-state index contributed by atoms with van der Waals surface area (Å²) >= 11 is 12.3. The van der Waals surface area contributed by atoms with Crippen LogP contribution in [0.3, 0.4) is 0 Å². The van der Waals surface area contributed by atoms with Crippen molar-refractivity contribution in [3.63, 3.8) is 0 Å². The molecule has 30 heavy (non-hydrogen) atoms. The van der Waals surface area contributed by atoms with E-state index in [4.69, 9.17) is 23.2 Å². The van der Waals surface area contributed by atoms with E-state index in [2.05, 4.69) is 5.32 Å². The Kier molecular flexibility index (Phi) is 8.17. The molecule has 1 aliphatic rings. The van der Waals surface area contributed by atoms with Crippen molar-refractivity contribution in [3.8, 4) is 0 Å². The van der Waals surface area contributed by atoms with Gasteiger partial charge in [-0.05, 0) is 61.1 Å². The molecular formula is C22H26Cl2N2O3S. The van der Waals surface area contributed by atoms with Gasteiger partial charge in [-0.25, -0.2) is 8.42 Å². The van der Waals surface area contributed by atoms with E-state index in [9.17, 15) is 13.2 Å². The number of sulfonamides is 1. The number of aryl methyl sites for hydroxylation is 1. The molecule has 0 spiro atoms. The monoisotopic (exact) mass is 468 g/mol. The first-order valence-corrected chi connectivity index (χ1v) is 12.4. The van der Waals surface area contributed by atoms with Crippen LogP contribution in [0.5, 0.6) is 0 Å². The SMILES string of the molecule is O=C(CCc1ccc(S(=O)(=O)N2CCCCC2)cc1)NCCc1c(Cl)cccc1Cl. The largest absolute Gasteiger partial charge is 0.356 e. The third-order valence-corrected chi connectivity index (χ3v) is 7.90. The van der Waals surface area contributed by atoms with Crippen LogP contribution in [0.25, 0.3) is 0 Å². The average molecular weight is 469 g/mol. The highest BCUT2D eigenvalue weighted by atomic mass is 35.5. The van der Waals surface area contributed by atoms with Gasteiger partial charge in [0.1, 0.15) is 0 Å². The summed E-state index contributed by atoms with van der Waals surface area (Å²) in [7, 11) is -3.42. The molecule has 2 aromatic rings. The van der Waals surface area contributed by atoms with Crippen LogP contribution in [0.4, 0.5) is 0 Å². The molecule has 1 heterocycles. The van der Waals surface area contributed by atoms with E-state index in [1.165, 1.54) is 0 Å². The summed E-state index contributed by atoms with van der Waals surface area (Å²) in [5.41, 5.74) is 1.75. The van der Waals surface area contributed by atoms with Gasteiger partial charge in [0, 0.05) is 36.1 Å². The molecular weight excluding hydrogens is 443 g/mol. The summed E-state index contributed by atoms with van der Waals surface area (Å²) in [4.78, 5) is 12.4. The topological polar surface area (TPSA) is 66.5 Å². The van der Waals surface area contributed by atoms with Crippen molar-refractivity contribution < 1.29 is 13.2 Å². The molecule has 1 aliphatic heterocycles. The van der Waals surface area contributed by atoms with Gasteiger partial charge in [-0.2, -0.15) is 4.31 Å². The summed E-state index contributed by atoms with van der Waals surface area (Å²) in [5, 5.41) is 4.06. The maximum absolute atomic E-state index is 12.7. The van der Waals surface area contributed by atoms with E-state index < -0.39 is 10.0 Å². The van der Waals surface area contributed by atoms with Crippen molar-refractivity contribution in [3.05, 3.63) is 63.6 Å². The minimum atomic E-state index is -3.42. The summed E-state index contributed by atoms with van der Waals surface area (Å²) < 4.78 is 26.9. The lowest BCUT2D eigenvalue weighted by molar-refractivity contribution is -0.121. The molecule has 0 bridgehead atoms. The van der Waals surface area contributed by atoms with Gasteiger partial charge in [0.15, 0.2) is 0 Å². The molecule has 0 atom stereocenters. The summed E-state index contributed by atoms with van der Waals surface area (Å²) in [5.74, 6) is -0.0665. The molecule has 5 nitrogen and oxygen atoms in total. The van der Waals surface area contributed by atoms with Gasteiger partial charge in [-0.3, -0.25) is 4.79 Å². The van der Waals surface area contributed by atoms with Crippen LogP contribution in [-0.4, -0.2) is 38.3 Å². The lowest BCUT2D eigenvalue weighted by atomic mass is 10.1. The summed E-state index contributed by atoms with van der Waals surface area (Å²) in [6.07, 6.45) is 4.34. The van der Waals surface area contributed by atoms with Gasteiger partial charge in [-0.1, -0.05) is 47.8 Å². The minimum absolute atomic E-state index is 0.0665. The number of hydrogen-bond donors (Lipinski definition) is 1. The molecule has 0 aliphatic carbocycles. The summed E-state index contributed by atoms with van der Waals surface area (Å²) in [6.45, 7) is 1.63. The van der Waals surface area contributed by atoms with Crippen molar-refractivity contribution in [2.24, 2.45) is 0 Å². The molecule has 1 amide bonds. The number of halogens is 2. The highest BCUT2D eigenvalue weighted by Gasteiger charge is 2.25. The van der Waals surface area contributed by atoms with E-state index in [-0.39, 0.29) is 5.91 Å². The summed E-state index contributed by atoms with van der Waals surface area (Å²) in [6, 6.07) is 12.2. The van der Waals surface area contributed by atoms with Crippen LogP contribution in [0.1, 0.15) is 36.8 Å². The second kappa shape index (κ2) is 10.6. The van der Waals surface area contributed by atoms with Gasteiger partial charge in [0.25, 0.3) is 0 Å². The average Bonchev–Trinajstić information content (AvgIpc) is 2.75. The van der Waals surface area contributed by atoms with E-state index in [1.54, 1.807) is 46.8 Å². The van der Waals surface area contributed by atoms with Gasteiger partial charge in [0.2, 0.25) is 15.9 Å². The first-order chi connectivity index (χ1) is 14.4. The molecule has 1 fully saturated rings. The van der Waals surface area contributed by atoms with Crippen molar-refractivity contribution in [1.29, 1.82) is 0 Å². The lowest BCUT2D eigenvalue weighted by Gasteiger charge is -2.25. The number of benzene rings is 2. The Labute approximate surface area is 188 Å². The van der Waals surface area contributed by atoms with E-state index in [1.807, 2.05) is 0 Å². The normalized spacial score (nSPS) is 15.1. The van der Waals surface area contributed by atoms with Crippen molar-refractivity contribution in [2.45, 2.75) is 43.4 Å². The Bertz CT molecular complexity index is 952. The number of hydrogen-bond acceptors (Lipinski definition) is 3. The van der Waals surface area contributed by atoms with Crippen LogP contribution in [0.15, 0.2) is 47.4 Å². The third-order valence-electron chi connectivity index (χ3n) is 5.28. The second-order valence-electron chi connectivity index (χ2n) is 7.41. The number of nitrogens with one attached hydrogen (secondary N) is 1. The fourth-order valence-corrected chi connectivity index (χ4v) is 5.63. The van der Waals surface area contributed by atoms with E-state index >= 15 is 0 Å². The van der Waals surface area contributed by atoms with Gasteiger partial charge >= 0.3 is 0 Å². The lowest BCUT2D eigenvalue weighted by Crippen LogP contribution is -2.35. The van der Waals surface area contributed by atoms with Crippen molar-refractivity contribution in [2.75, 3.05) is 19.6 Å². The molecule has 8 heteroatoms. The van der Waals surface area contributed by atoms with E-state index in [0.717, 1.165) is 30.4 Å². The molecule has 0 saturated carbocycles. The number of piperidine rings is 1. The van der Waals surface area contributed by atoms with Gasteiger partial charge in [0.05, 0.1) is 4.90 Å². The number of amides is 1. The highest BCUT2D eigenvalue weighted by molar-refractivity contribution is 7.89. The Hall–Kier alpha value is -1.60.